The van der Waals surface area contributed by atoms with E-state index in [-0.39, 0.29) is 0 Å². The molecule has 0 aliphatic heterocycles. The van der Waals surface area contributed by atoms with E-state index in [0.717, 1.165) is 21.5 Å². The first-order valence-electron chi connectivity index (χ1n) is 4.75. The maximum Gasteiger partial charge on any atom is 0.0837 e. The second kappa shape index (κ2) is 3.77. The molecule has 0 N–H and O–H groups in total. The summed E-state index contributed by atoms with van der Waals surface area (Å²) in [4.78, 5) is 0. The van der Waals surface area contributed by atoms with Crippen LogP contribution in [0.15, 0.2) is 22.7 Å². The summed E-state index contributed by atoms with van der Waals surface area (Å²) in [6.45, 7) is 6.05. The van der Waals surface area contributed by atoms with Crippen LogP contribution in [0.2, 0.25) is 0 Å². The molecule has 0 saturated carbocycles. The molecule has 0 fully saturated rings. The third-order valence-corrected chi connectivity index (χ3v) is 3.17. The van der Waals surface area contributed by atoms with E-state index in [2.05, 4.69) is 39.2 Å². The van der Waals surface area contributed by atoms with Crippen LogP contribution in [0, 0.1) is 20.8 Å². The zero-order valence-corrected chi connectivity index (χ0v) is 10.5. The van der Waals surface area contributed by atoms with E-state index in [0.29, 0.717) is 0 Å². The molecule has 0 spiro atoms. The molecule has 3 nitrogen and oxygen atoms in total. The summed E-state index contributed by atoms with van der Waals surface area (Å²) in [5.74, 6) is 0. The Kier molecular flexibility index (Phi) is 2.61. The Hall–Kier alpha value is -1.16. The Labute approximate surface area is 97.2 Å². The lowest BCUT2D eigenvalue weighted by atomic mass is 10.2. The number of aromatic nitrogens is 3. The zero-order chi connectivity index (χ0) is 11.0. The maximum atomic E-state index is 4.14. The van der Waals surface area contributed by atoms with E-state index in [4.69, 9.17) is 0 Å². The van der Waals surface area contributed by atoms with E-state index in [1.807, 2.05) is 30.7 Å². The monoisotopic (exact) mass is 265 g/mol. The van der Waals surface area contributed by atoms with Crippen LogP contribution in [0.4, 0.5) is 0 Å². The van der Waals surface area contributed by atoms with Crippen LogP contribution >= 0.6 is 15.9 Å². The van der Waals surface area contributed by atoms with Gasteiger partial charge >= 0.3 is 0 Å². The summed E-state index contributed by atoms with van der Waals surface area (Å²) < 4.78 is 2.91. The highest BCUT2D eigenvalue weighted by Crippen LogP contribution is 2.25. The first-order valence-corrected chi connectivity index (χ1v) is 5.55. The van der Waals surface area contributed by atoms with Crippen LogP contribution in [0.1, 0.15) is 17.0 Å². The molecule has 4 heteroatoms. The summed E-state index contributed by atoms with van der Waals surface area (Å²) in [5, 5.41) is 8.21. The molecule has 0 atom stereocenters. The van der Waals surface area contributed by atoms with Gasteiger partial charge in [0.1, 0.15) is 0 Å². The molecule has 15 heavy (non-hydrogen) atoms. The van der Waals surface area contributed by atoms with Gasteiger partial charge in [-0.1, -0.05) is 17.3 Å². The zero-order valence-electron chi connectivity index (χ0n) is 8.95. The first kappa shape index (κ1) is 10.4. The smallest absolute Gasteiger partial charge is 0.0837 e. The van der Waals surface area contributed by atoms with E-state index in [9.17, 15) is 0 Å². The second-order valence-corrected chi connectivity index (χ2v) is 4.43. The number of hydrogen-bond acceptors (Lipinski definition) is 2. The van der Waals surface area contributed by atoms with Gasteiger partial charge in [-0.05, 0) is 48.3 Å². The van der Waals surface area contributed by atoms with Crippen molar-refractivity contribution in [2.75, 3.05) is 0 Å². The Bertz CT molecular complexity index is 482. The molecule has 2 aromatic rings. The fraction of sp³-hybridized carbons (Fsp3) is 0.273. The van der Waals surface area contributed by atoms with Crippen molar-refractivity contribution >= 4 is 15.9 Å². The van der Waals surface area contributed by atoms with Crippen molar-refractivity contribution in [3.63, 3.8) is 0 Å². The van der Waals surface area contributed by atoms with Gasteiger partial charge in [0.25, 0.3) is 0 Å². The highest BCUT2D eigenvalue weighted by Gasteiger charge is 2.11. The molecule has 1 heterocycles. The molecule has 0 aliphatic carbocycles. The predicted molar refractivity (Wildman–Crippen MR) is 63.3 cm³/mol. The third-order valence-electron chi connectivity index (χ3n) is 2.53. The van der Waals surface area contributed by atoms with Gasteiger partial charge in [-0.3, -0.25) is 0 Å². The topological polar surface area (TPSA) is 30.7 Å². The quantitative estimate of drug-likeness (QED) is 0.794. The standard InChI is InChI=1S/C11H12BrN3/c1-7-5-4-6-10(12)11(7)15-9(3)8(2)13-14-15/h4-6H,1-3H3. The number of para-hydroxylation sites is 1. The number of nitrogens with zero attached hydrogens (tertiary/aromatic N) is 3. The minimum Gasteiger partial charge on any atom is -0.216 e. The van der Waals surface area contributed by atoms with E-state index < -0.39 is 0 Å². The average molecular weight is 266 g/mol. The third kappa shape index (κ3) is 1.69. The number of benzene rings is 1. The van der Waals surface area contributed by atoms with Crippen molar-refractivity contribution in [3.05, 3.63) is 39.6 Å². The summed E-state index contributed by atoms with van der Waals surface area (Å²) in [6.07, 6.45) is 0. The first-order chi connectivity index (χ1) is 7.11. The molecule has 1 aromatic carbocycles. The summed E-state index contributed by atoms with van der Waals surface area (Å²) in [7, 11) is 0. The van der Waals surface area contributed by atoms with Gasteiger partial charge in [-0.25, -0.2) is 4.68 Å². The normalized spacial score (nSPS) is 10.7. The largest absolute Gasteiger partial charge is 0.216 e. The highest BCUT2D eigenvalue weighted by atomic mass is 79.9. The van der Waals surface area contributed by atoms with Crippen LogP contribution in [0.3, 0.4) is 0 Å². The fourth-order valence-corrected chi connectivity index (χ4v) is 2.14. The number of hydrogen-bond donors (Lipinski definition) is 0. The van der Waals surface area contributed by atoms with Crippen LogP contribution in [-0.4, -0.2) is 15.0 Å². The Balaban J connectivity index is 2.69. The van der Waals surface area contributed by atoms with Gasteiger partial charge in [0.15, 0.2) is 0 Å². The van der Waals surface area contributed by atoms with Crippen LogP contribution in [0.25, 0.3) is 5.69 Å². The van der Waals surface area contributed by atoms with E-state index >= 15 is 0 Å². The number of rotatable bonds is 1. The molecular formula is C11H12BrN3. The van der Waals surface area contributed by atoms with Crippen molar-refractivity contribution in [2.24, 2.45) is 0 Å². The van der Waals surface area contributed by atoms with E-state index in [1.54, 1.807) is 0 Å². The predicted octanol–water partition coefficient (Wildman–Crippen LogP) is 2.96. The highest BCUT2D eigenvalue weighted by molar-refractivity contribution is 9.10. The van der Waals surface area contributed by atoms with Gasteiger partial charge in [0, 0.05) is 4.47 Å². The summed E-state index contributed by atoms with van der Waals surface area (Å²) >= 11 is 3.54. The molecule has 0 amide bonds. The van der Waals surface area contributed by atoms with Crippen molar-refractivity contribution in [3.8, 4) is 5.69 Å². The summed E-state index contributed by atoms with van der Waals surface area (Å²) in [6, 6.07) is 6.09. The van der Waals surface area contributed by atoms with Gasteiger partial charge in [0.05, 0.1) is 17.1 Å². The average Bonchev–Trinajstić information content (AvgIpc) is 2.49. The molecule has 0 bridgehead atoms. The molecular weight excluding hydrogens is 254 g/mol. The number of aryl methyl sites for hydroxylation is 2. The Morgan fingerprint density at radius 3 is 2.47 bits per heavy atom. The maximum absolute atomic E-state index is 4.14. The lowest BCUT2D eigenvalue weighted by molar-refractivity contribution is 0.777. The second-order valence-electron chi connectivity index (χ2n) is 3.58. The van der Waals surface area contributed by atoms with Gasteiger partial charge < -0.3 is 0 Å². The van der Waals surface area contributed by atoms with Crippen LogP contribution in [0.5, 0.6) is 0 Å². The van der Waals surface area contributed by atoms with Crippen molar-refractivity contribution in [1.29, 1.82) is 0 Å². The minimum atomic E-state index is 0.963. The van der Waals surface area contributed by atoms with Crippen molar-refractivity contribution < 1.29 is 0 Å². The number of halogens is 1. The lowest BCUT2D eigenvalue weighted by Crippen LogP contribution is -2.02. The van der Waals surface area contributed by atoms with Crippen molar-refractivity contribution in [1.82, 2.24) is 15.0 Å². The fourth-order valence-electron chi connectivity index (χ4n) is 1.51. The van der Waals surface area contributed by atoms with Crippen LogP contribution in [-0.2, 0) is 0 Å². The Morgan fingerprint density at radius 2 is 1.93 bits per heavy atom. The van der Waals surface area contributed by atoms with Gasteiger partial charge in [-0.15, -0.1) is 5.10 Å². The molecule has 2 rings (SSSR count). The van der Waals surface area contributed by atoms with Gasteiger partial charge in [-0.2, -0.15) is 0 Å². The minimum absolute atomic E-state index is 0.963. The van der Waals surface area contributed by atoms with Crippen molar-refractivity contribution in [2.45, 2.75) is 20.8 Å². The van der Waals surface area contributed by atoms with Crippen LogP contribution < -0.4 is 0 Å². The molecule has 0 unspecified atom stereocenters. The molecule has 0 radical (unpaired) electrons. The van der Waals surface area contributed by atoms with Gasteiger partial charge in [0.2, 0.25) is 0 Å². The Morgan fingerprint density at radius 1 is 1.20 bits per heavy atom. The molecule has 0 saturated heterocycles. The lowest BCUT2D eigenvalue weighted by Gasteiger charge is -2.09. The summed E-state index contributed by atoms with van der Waals surface area (Å²) in [5.41, 5.74) is 4.28. The molecule has 0 aliphatic rings. The molecule has 1 aromatic heterocycles. The molecule has 78 valence electrons. The van der Waals surface area contributed by atoms with E-state index in [1.165, 1.54) is 5.56 Å². The SMILES string of the molecule is Cc1cccc(Br)c1-n1nnc(C)c1C.